The fourth-order valence-corrected chi connectivity index (χ4v) is 4.62. The number of benzene rings is 1. The van der Waals surface area contributed by atoms with Crippen molar-refractivity contribution in [2.45, 2.75) is 38.1 Å². The minimum atomic E-state index is -0.200. The van der Waals surface area contributed by atoms with E-state index in [1.165, 1.54) is 16.9 Å². The second kappa shape index (κ2) is 7.39. The number of nitrogens with zero attached hydrogens (tertiary/aromatic N) is 4. The molecule has 1 amide bonds. The molecule has 0 atom stereocenters. The molecule has 0 unspecified atom stereocenters. The summed E-state index contributed by atoms with van der Waals surface area (Å²) in [4.78, 5) is 19.5. The SMILES string of the molecule is CC(C)n1cc(C(=O)N2CCC(c3ccccc3)(c3csc(N)n3)CC2)cn1. The van der Waals surface area contributed by atoms with Crippen LogP contribution in [0, 0.1) is 0 Å². The molecule has 1 aromatic carbocycles. The summed E-state index contributed by atoms with van der Waals surface area (Å²) in [6.45, 7) is 5.46. The normalized spacial score (nSPS) is 16.5. The molecule has 4 rings (SSSR count). The number of nitrogen functional groups attached to an aromatic ring is 1. The number of nitrogens with two attached hydrogens (primary N) is 1. The Hall–Kier alpha value is -2.67. The lowest BCUT2D eigenvalue weighted by Gasteiger charge is -2.41. The van der Waals surface area contributed by atoms with E-state index in [0.717, 1.165) is 18.5 Å². The lowest BCUT2D eigenvalue weighted by molar-refractivity contribution is 0.0684. The summed E-state index contributed by atoms with van der Waals surface area (Å²) >= 11 is 1.48. The summed E-state index contributed by atoms with van der Waals surface area (Å²) in [5.74, 6) is 0.0475. The van der Waals surface area contributed by atoms with Crippen LogP contribution in [0.15, 0.2) is 48.1 Å². The molecule has 1 aliphatic heterocycles. The third-order valence-corrected chi connectivity index (χ3v) is 6.29. The van der Waals surface area contributed by atoms with E-state index in [-0.39, 0.29) is 17.4 Å². The summed E-state index contributed by atoms with van der Waals surface area (Å²) in [5, 5.41) is 6.95. The van der Waals surface area contributed by atoms with Crippen molar-refractivity contribution in [1.29, 1.82) is 0 Å². The van der Waals surface area contributed by atoms with Crippen LogP contribution in [-0.2, 0) is 5.41 Å². The Morgan fingerprint density at radius 3 is 2.50 bits per heavy atom. The van der Waals surface area contributed by atoms with Crippen LogP contribution in [0.1, 0.15) is 54.3 Å². The van der Waals surface area contributed by atoms with E-state index in [9.17, 15) is 4.79 Å². The molecule has 3 heterocycles. The molecule has 146 valence electrons. The smallest absolute Gasteiger partial charge is 0.257 e. The number of hydrogen-bond donors (Lipinski definition) is 1. The molecule has 0 aliphatic carbocycles. The first-order valence-electron chi connectivity index (χ1n) is 9.60. The number of carbonyl (C=O) groups is 1. The molecule has 2 aromatic heterocycles. The molecule has 0 spiro atoms. The van der Waals surface area contributed by atoms with Crippen LogP contribution < -0.4 is 5.73 Å². The van der Waals surface area contributed by atoms with E-state index in [0.29, 0.717) is 23.8 Å². The molecule has 1 saturated heterocycles. The van der Waals surface area contributed by atoms with Gasteiger partial charge in [-0.15, -0.1) is 11.3 Å². The Bertz CT molecular complexity index is 954. The van der Waals surface area contributed by atoms with Crippen LogP contribution in [0.25, 0.3) is 0 Å². The van der Waals surface area contributed by atoms with Crippen molar-refractivity contribution in [2.24, 2.45) is 0 Å². The monoisotopic (exact) mass is 395 g/mol. The zero-order valence-corrected chi connectivity index (χ0v) is 17.0. The minimum absolute atomic E-state index is 0.0475. The zero-order chi connectivity index (χ0) is 19.7. The van der Waals surface area contributed by atoms with Gasteiger partial charge < -0.3 is 10.6 Å². The van der Waals surface area contributed by atoms with Gasteiger partial charge in [-0.25, -0.2) is 4.98 Å². The van der Waals surface area contributed by atoms with E-state index in [4.69, 9.17) is 5.73 Å². The highest BCUT2D eigenvalue weighted by Gasteiger charge is 2.41. The lowest BCUT2D eigenvalue weighted by Crippen LogP contribution is -2.46. The summed E-state index contributed by atoms with van der Waals surface area (Å²) in [5.41, 5.74) is 8.64. The number of aromatic nitrogens is 3. The van der Waals surface area contributed by atoms with Gasteiger partial charge in [0, 0.05) is 36.1 Å². The van der Waals surface area contributed by atoms with Crippen LogP contribution in [0.5, 0.6) is 0 Å². The van der Waals surface area contributed by atoms with Gasteiger partial charge in [-0.3, -0.25) is 9.48 Å². The number of rotatable bonds is 4. The summed E-state index contributed by atoms with van der Waals surface area (Å²) < 4.78 is 1.82. The molecule has 6 nitrogen and oxygen atoms in total. The predicted octanol–water partition coefficient (Wildman–Crippen LogP) is 3.73. The molecule has 7 heteroatoms. The third-order valence-electron chi connectivity index (χ3n) is 5.62. The molecule has 2 N–H and O–H groups in total. The van der Waals surface area contributed by atoms with Gasteiger partial charge in [0.2, 0.25) is 0 Å². The molecule has 1 aliphatic rings. The maximum atomic E-state index is 13.0. The van der Waals surface area contributed by atoms with Gasteiger partial charge in [-0.05, 0) is 32.3 Å². The van der Waals surface area contributed by atoms with Crippen molar-refractivity contribution < 1.29 is 4.79 Å². The quantitative estimate of drug-likeness (QED) is 0.730. The molecule has 28 heavy (non-hydrogen) atoms. The Morgan fingerprint density at radius 2 is 1.93 bits per heavy atom. The van der Waals surface area contributed by atoms with Crippen molar-refractivity contribution >= 4 is 22.4 Å². The predicted molar refractivity (Wildman–Crippen MR) is 111 cm³/mol. The summed E-state index contributed by atoms with van der Waals surface area (Å²) in [6, 6.07) is 10.7. The average Bonchev–Trinajstić information content (AvgIpc) is 3.38. The average molecular weight is 396 g/mol. The fraction of sp³-hybridized carbons (Fsp3) is 0.381. The highest BCUT2D eigenvalue weighted by Crippen LogP contribution is 2.42. The van der Waals surface area contributed by atoms with Crippen molar-refractivity contribution in [3.63, 3.8) is 0 Å². The lowest BCUT2D eigenvalue weighted by atomic mass is 9.70. The van der Waals surface area contributed by atoms with Crippen molar-refractivity contribution in [2.75, 3.05) is 18.8 Å². The van der Waals surface area contributed by atoms with Crippen molar-refractivity contribution in [1.82, 2.24) is 19.7 Å². The van der Waals surface area contributed by atoms with E-state index in [1.54, 1.807) is 6.20 Å². The van der Waals surface area contributed by atoms with Crippen LogP contribution >= 0.6 is 11.3 Å². The van der Waals surface area contributed by atoms with E-state index < -0.39 is 0 Å². The Morgan fingerprint density at radius 1 is 1.21 bits per heavy atom. The highest BCUT2D eigenvalue weighted by atomic mass is 32.1. The van der Waals surface area contributed by atoms with Crippen molar-refractivity contribution in [3.05, 3.63) is 64.9 Å². The van der Waals surface area contributed by atoms with Gasteiger partial charge in [0.15, 0.2) is 5.13 Å². The second-order valence-electron chi connectivity index (χ2n) is 7.61. The van der Waals surface area contributed by atoms with E-state index in [2.05, 4.69) is 53.6 Å². The highest BCUT2D eigenvalue weighted by molar-refractivity contribution is 7.13. The van der Waals surface area contributed by atoms with Gasteiger partial charge in [-0.1, -0.05) is 30.3 Å². The molecular formula is C21H25N5OS. The molecule has 3 aromatic rings. The van der Waals surface area contributed by atoms with Crippen LogP contribution in [0.3, 0.4) is 0 Å². The number of anilines is 1. The Balaban J connectivity index is 1.58. The standard InChI is InChI=1S/C21H25N5OS/c1-15(2)26-13-16(12-23-26)19(27)25-10-8-21(9-11-25,17-6-4-3-5-7-17)18-14-28-20(22)24-18/h3-7,12-15H,8-11H2,1-2H3,(H2,22,24). The molecule has 0 radical (unpaired) electrons. The molecular weight excluding hydrogens is 370 g/mol. The first kappa shape index (κ1) is 18.7. The van der Waals surface area contributed by atoms with Gasteiger partial charge >= 0.3 is 0 Å². The Kier molecular flexibility index (Phi) is 4.93. The minimum Gasteiger partial charge on any atom is -0.375 e. The van der Waals surface area contributed by atoms with Crippen molar-refractivity contribution in [3.8, 4) is 0 Å². The number of likely N-dealkylation sites (tertiary alicyclic amines) is 1. The van der Waals surface area contributed by atoms with Gasteiger partial charge in [0.25, 0.3) is 5.91 Å². The van der Waals surface area contributed by atoms with Gasteiger partial charge in [0.1, 0.15) is 0 Å². The number of piperidine rings is 1. The topological polar surface area (TPSA) is 77.0 Å². The summed E-state index contributed by atoms with van der Waals surface area (Å²) in [7, 11) is 0. The first-order chi connectivity index (χ1) is 13.5. The van der Waals surface area contributed by atoms with Gasteiger partial charge in [-0.2, -0.15) is 5.10 Å². The first-order valence-corrected chi connectivity index (χ1v) is 10.5. The number of carbonyl (C=O) groups excluding carboxylic acids is 1. The second-order valence-corrected chi connectivity index (χ2v) is 8.50. The van der Waals surface area contributed by atoms with Gasteiger partial charge in [0.05, 0.1) is 17.5 Å². The number of thiazole rings is 1. The maximum absolute atomic E-state index is 13.0. The Labute approximate surface area is 169 Å². The molecule has 0 saturated carbocycles. The number of hydrogen-bond acceptors (Lipinski definition) is 5. The largest absolute Gasteiger partial charge is 0.375 e. The van der Waals surface area contributed by atoms with E-state index >= 15 is 0 Å². The van der Waals surface area contributed by atoms with Crippen LogP contribution in [-0.4, -0.2) is 38.7 Å². The molecule has 0 bridgehead atoms. The number of amides is 1. The summed E-state index contributed by atoms with van der Waals surface area (Å²) in [6.07, 6.45) is 5.16. The van der Waals surface area contributed by atoms with Crippen LogP contribution in [0.2, 0.25) is 0 Å². The third kappa shape index (κ3) is 3.30. The van der Waals surface area contributed by atoms with E-state index in [1.807, 2.05) is 21.8 Å². The zero-order valence-electron chi connectivity index (χ0n) is 16.2. The maximum Gasteiger partial charge on any atom is 0.257 e. The fourth-order valence-electron chi connectivity index (χ4n) is 3.96. The van der Waals surface area contributed by atoms with Crippen LogP contribution in [0.4, 0.5) is 5.13 Å². The molecule has 1 fully saturated rings.